The molecule has 0 saturated heterocycles. The summed E-state index contributed by atoms with van der Waals surface area (Å²) in [4.78, 5) is 30.7. The molecule has 2 N–H and O–H groups in total. The Morgan fingerprint density at radius 3 is 1.96 bits per heavy atom. The molecule has 0 amide bonds. The van der Waals surface area contributed by atoms with Crippen LogP contribution in [0.15, 0.2) is 22.0 Å². The van der Waals surface area contributed by atoms with E-state index in [-0.39, 0.29) is 10.4 Å². The Bertz CT molecular complexity index is 803. The maximum Gasteiger partial charge on any atom is 0.339 e. The predicted molar refractivity (Wildman–Crippen MR) is 84.8 cm³/mol. The van der Waals surface area contributed by atoms with E-state index >= 15 is 0 Å². The molecule has 0 saturated carbocycles. The number of nitrogens with one attached hydrogen (secondary N) is 2. The molecule has 7 nitrogen and oxygen atoms in total. The summed E-state index contributed by atoms with van der Waals surface area (Å²) in [6, 6.07) is 0. The van der Waals surface area contributed by atoms with Crippen LogP contribution in [-0.2, 0) is 4.57 Å². The normalized spacial score (nSPS) is 10.0. The van der Waals surface area contributed by atoms with Gasteiger partial charge in [0, 0.05) is 6.20 Å². The molecular formula is C8H4Cl5F2N4O3P. The van der Waals surface area contributed by atoms with Crippen LogP contribution in [0.5, 0.6) is 0 Å². The first-order valence-electron chi connectivity index (χ1n) is 4.90. The van der Waals surface area contributed by atoms with E-state index in [1.54, 1.807) is 4.98 Å². The summed E-state index contributed by atoms with van der Waals surface area (Å²) < 4.78 is 33.7. The molecule has 0 radical (unpaired) electrons. The Hall–Kier alpha value is -0.700. The lowest BCUT2D eigenvalue weighted by molar-refractivity contribution is 0.597. The first-order chi connectivity index (χ1) is 10.4. The fourth-order valence-corrected chi connectivity index (χ4v) is 1.03. The molecule has 15 heteroatoms. The SMILES string of the molecule is Fc1cnc(Cl)nc1Cl.O=P(Cl)(Cl)Cl.O=c1[nH]cc(F)c(=O)[nH]1. The standard InChI is InChI=1S/C4HCl2FN2.C4H3FN2O2.Cl3OP/c5-3-2(7)1-8-4(6)9-3;5-2-1-6-4(9)7-3(2)8;1-5(2,3)4/h1H;1H,(H2,6,7,8,9);. The van der Waals surface area contributed by atoms with Gasteiger partial charge in [-0.15, -0.1) is 0 Å². The summed E-state index contributed by atoms with van der Waals surface area (Å²) in [5.41, 5.74) is -1.71. The highest BCUT2D eigenvalue weighted by Crippen LogP contribution is 2.61. The molecule has 0 spiro atoms. The molecule has 0 aliphatic heterocycles. The van der Waals surface area contributed by atoms with Gasteiger partial charge in [0.1, 0.15) is 0 Å². The number of hydrogen-bond acceptors (Lipinski definition) is 5. The second-order valence-corrected chi connectivity index (χ2v) is 10.4. The van der Waals surface area contributed by atoms with E-state index < -0.39 is 28.1 Å². The minimum atomic E-state index is -3.22. The van der Waals surface area contributed by atoms with Crippen molar-refractivity contribution in [2.45, 2.75) is 0 Å². The number of nitrogens with zero attached hydrogens (tertiary/aromatic N) is 2. The minimum Gasteiger partial charge on any atom is -0.311 e. The zero-order valence-corrected chi connectivity index (χ0v) is 15.0. The molecule has 0 bridgehead atoms. The summed E-state index contributed by atoms with van der Waals surface area (Å²) in [7, 11) is 0. The van der Waals surface area contributed by atoms with Crippen molar-refractivity contribution >= 4 is 62.1 Å². The van der Waals surface area contributed by atoms with E-state index in [4.69, 9.17) is 23.2 Å². The van der Waals surface area contributed by atoms with Crippen LogP contribution in [0, 0.1) is 11.6 Å². The van der Waals surface area contributed by atoms with Gasteiger partial charge in [-0.2, -0.15) is 4.39 Å². The van der Waals surface area contributed by atoms with E-state index in [0.717, 1.165) is 6.20 Å². The lowest BCUT2D eigenvalue weighted by Gasteiger charge is -1.89. The highest BCUT2D eigenvalue weighted by atomic mass is 36.0. The van der Waals surface area contributed by atoms with Gasteiger partial charge in [0.05, 0.1) is 6.20 Å². The Labute approximate surface area is 150 Å². The average molecular weight is 450 g/mol. The van der Waals surface area contributed by atoms with Crippen molar-refractivity contribution in [3.63, 3.8) is 0 Å². The van der Waals surface area contributed by atoms with Crippen molar-refractivity contribution in [1.82, 2.24) is 19.9 Å². The van der Waals surface area contributed by atoms with Gasteiger partial charge >= 0.3 is 10.9 Å². The van der Waals surface area contributed by atoms with E-state index in [9.17, 15) is 22.9 Å². The van der Waals surface area contributed by atoms with Gasteiger partial charge in [-0.25, -0.2) is 19.2 Å². The second-order valence-electron chi connectivity index (χ2n) is 3.10. The Balaban J connectivity index is 0.000000332. The van der Waals surface area contributed by atoms with E-state index in [2.05, 4.69) is 43.7 Å². The zero-order valence-electron chi connectivity index (χ0n) is 10.4. The highest BCUT2D eigenvalue weighted by Gasteiger charge is 2.03. The first kappa shape index (κ1) is 22.3. The van der Waals surface area contributed by atoms with Crippen LogP contribution >= 0.6 is 62.1 Å². The molecule has 0 aliphatic carbocycles. The van der Waals surface area contributed by atoms with Crippen molar-refractivity contribution < 1.29 is 13.3 Å². The molecule has 23 heavy (non-hydrogen) atoms. The molecule has 0 aromatic carbocycles. The topological polar surface area (TPSA) is 109 Å². The largest absolute Gasteiger partial charge is 0.339 e. The fourth-order valence-electron chi connectivity index (χ4n) is 0.720. The maximum absolute atomic E-state index is 12.2. The summed E-state index contributed by atoms with van der Waals surface area (Å²) in [5, 5.41) is -3.53. The van der Waals surface area contributed by atoms with E-state index in [1.807, 2.05) is 4.98 Å². The van der Waals surface area contributed by atoms with Crippen molar-refractivity contribution in [3.05, 3.63) is 55.3 Å². The van der Waals surface area contributed by atoms with Crippen molar-refractivity contribution in [2.24, 2.45) is 0 Å². The fraction of sp³-hybridized carbons (Fsp3) is 0. The third-order valence-electron chi connectivity index (χ3n) is 1.45. The second kappa shape index (κ2) is 10.2. The Morgan fingerprint density at radius 2 is 1.61 bits per heavy atom. The van der Waals surface area contributed by atoms with Gasteiger partial charge in [0.15, 0.2) is 11.0 Å². The van der Waals surface area contributed by atoms with E-state index in [0.29, 0.717) is 6.20 Å². The Morgan fingerprint density at radius 1 is 1.09 bits per heavy atom. The third kappa shape index (κ3) is 12.4. The number of rotatable bonds is 0. The molecule has 2 heterocycles. The number of aromatic nitrogens is 4. The third-order valence-corrected chi connectivity index (χ3v) is 1.89. The quantitative estimate of drug-likeness (QED) is 0.359. The lowest BCUT2D eigenvalue weighted by Crippen LogP contribution is -2.23. The van der Waals surface area contributed by atoms with Gasteiger partial charge in [-0.05, 0) is 45.3 Å². The molecule has 128 valence electrons. The first-order valence-corrected chi connectivity index (χ1v) is 10.1. The molecule has 2 aromatic heterocycles. The van der Waals surface area contributed by atoms with Gasteiger partial charge in [-0.1, -0.05) is 11.6 Å². The lowest BCUT2D eigenvalue weighted by atomic mass is 10.6. The molecule has 0 unspecified atom stereocenters. The summed E-state index contributed by atoms with van der Waals surface area (Å²) >= 11 is 24.3. The van der Waals surface area contributed by atoms with Crippen LogP contribution in [0.2, 0.25) is 10.4 Å². The van der Waals surface area contributed by atoms with Crippen LogP contribution in [0.25, 0.3) is 0 Å². The molecule has 0 aliphatic rings. The van der Waals surface area contributed by atoms with Gasteiger partial charge in [-0.3, -0.25) is 14.3 Å². The molecule has 0 fully saturated rings. The minimum absolute atomic E-state index is 0.0543. The summed E-state index contributed by atoms with van der Waals surface area (Å²) in [6.45, 7) is 0. The Kier molecular flexibility index (Phi) is 9.91. The van der Waals surface area contributed by atoms with Crippen LogP contribution < -0.4 is 11.2 Å². The number of hydrogen-bond donors (Lipinski definition) is 2. The summed E-state index contributed by atoms with van der Waals surface area (Å²) in [5.74, 6) is -1.66. The highest BCUT2D eigenvalue weighted by molar-refractivity contribution is 8.24. The number of aromatic amines is 2. The summed E-state index contributed by atoms with van der Waals surface area (Å²) in [6.07, 6.45) is 1.62. The van der Waals surface area contributed by atoms with Crippen molar-refractivity contribution in [3.8, 4) is 0 Å². The zero-order chi connectivity index (χ0) is 18.2. The van der Waals surface area contributed by atoms with Gasteiger partial charge in [0.2, 0.25) is 11.1 Å². The molecule has 2 rings (SSSR count). The van der Waals surface area contributed by atoms with Gasteiger partial charge < -0.3 is 4.98 Å². The van der Waals surface area contributed by atoms with Crippen molar-refractivity contribution in [2.75, 3.05) is 0 Å². The maximum atomic E-state index is 12.2. The van der Waals surface area contributed by atoms with Crippen LogP contribution in [0.1, 0.15) is 0 Å². The van der Waals surface area contributed by atoms with Crippen LogP contribution in [0.4, 0.5) is 8.78 Å². The number of H-pyrrole nitrogens is 2. The average Bonchev–Trinajstić information content (AvgIpc) is 2.38. The smallest absolute Gasteiger partial charge is 0.311 e. The molecular weight excluding hydrogens is 446 g/mol. The van der Waals surface area contributed by atoms with E-state index in [1.165, 1.54) is 0 Å². The van der Waals surface area contributed by atoms with Crippen LogP contribution in [0.3, 0.4) is 0 Å². The predicted octanol–water partition coefficient (Wildman–Crippen LogP) is 3.94. The number of halogens is 7. The van der Waals surface area contributed by atoms with Gasteiger partial charge in [0.25, 0.3) is 5.56 Å². The molecule has 0 atom stereocenters. The van der Waals surface area contributed by atoms with Crippen molar-refractivity contribution in [1.29, 1.82) is 0 Å². The van der Waals surface area contributed by atoms with Crippen LogP contribution in [-0.4, -0.2) is 19.9 Å². The monoisotopic (exact) mass is 448 g/mol. The molecule has 2 aromatic rings.